The fourth-order valence-corrected chi connectivity index (χ4v) is 3.63. The van der Waals surface area contributed by atoms with Crippen LogP contribution in [-0.4, -0.2) is 21.7 Å². The second-order valence-corrected chi connectivity index (χ2v) is 7.56. The van der Waals surface area contributed by atoms with Gasteiger partial charge in [0, 0.05) is 30.2 Å². The van der Waals surface area contributed by atoms with E-state index >= 15 is 0 Å². The molecule has 0 aliphatic carbocycles. The summed E-state index contributed by atoms with van der Waals surface area (Å²) >= 11 is 1.37. The Hall–Kier alpha value is -3.71. The van der Waals surface area contributed by atoms with Crippen LogP contribution in [0.25, 0.3) is 0 Å². The zero-order valence-electron chi connectivity index (χ0n) is 16.0. The average molecular weight is 417 g/mol. The number of hydrogen-bond donors (Lipinski definition) is 1. The minimum Gasteiger partial charge on any atom is -0.467 e. The fraction of sp³-hybridized carbons (Fsp3) is 0.0870. The van der Waals surface area contributed by atoms with Crippen LogP contribution in [0.2, 0.25) is 0 Å². The van der Waals surface area contributed by atoms with Gasteiger partial charge in [-0.05, 0) is 53.4 Å². The maximum Gasteiger partial charge on any atom is 0.265 e. The highest BCUT2D eigenvalue weighted by atomic mass is 32.1. The molecule has 30 heavy (non-hydrogen) atoms. The lowest BCUT2D eigenvalue weighted by Crippen LogP contribution is -2.30. The summed E-state index contributed by atoms with van der Waals surface area (Å²) in [7, 11) is 0. The van der Waals surface area contributed by atoms with E-state index in [1.807, 2.05) is 29.6 Å². The summed E-state index contributed by atoms with van der Waals surface area (Å²) in [6, 6.07) is 17.9. The number of carbonyl (C=O) groups is 2. The van der Waals surface area contributed by atoms with Crippen LogP contribution >= 0.6 is 11.3 Å². The summed E-state index contributed by atoms with van der Waals surface area (Å²) in [5, 5.41) is 4.69. The number of anilines is 1. The minimum absolute atomic E-state index is 0.164. The summed E-state index contributed by atoms with van der Waals surface area (Å²) in [6.45, 7) is 0.714. The quantitative estimate of drug-likeness (QED) is 0.467. The van der Waals surface area contributed by atoms with E-state index in [1.165, 1.54) is 11.3 Å². The van der Waals surface area contributed by atoms with Crippen molar-refractivity contribution >= 4 is 28.8 Å². The molecular weight excluding hydrogens is 398 g/mol. The first-order chi connectivity index (χ1) is 14.7. The first-order valence-electron chi connectivity index (χ1n) is 9.34. The SMILES string of the molecule is O=C(Nc1cccc(C(=O)N(Cc2cccnc2)Cc2ccco2)c1)c1cccs1. The van der Waals surface area contributed by atoms with E-state index in [2.05, 4.69) is 10.3 Å². The summed E-state index contributed by atoms with van der Waals surface area (Å²) in [5.74, 6) is 0.328. The van der Waals surface area contributed by atoms with E-state index < -0.39 is 0 Å². The van der Waals surface area contributed by atoms with Crippen LogP contribution < -0.4 is 5.32 Å². The monoisotopic (exact) mass is 417 g/mol. The molecule has 7 heteroatoms. The van der Waals surface area contributed by atoms with E-state index in [0.717, 1.165) is 5.56 Å². The zero-order chi connectivity index (χ0) is 20.8. The molecule has 2 amide bonds. The molecule has 0 unspecified atom stereocenters. The molecule has 0 spiro atoms. The normalized spacial score (nSPS) is 10.5. The lowest BCUT2D eigenvalue weighted by molar-refractivity contribution is 0.0717. The molecule has 6 nitrogen and oxygen atoms in total. The van der Waals surface area contributed by atoms with Gasteiger partial charge in [0.25, 0.3) is 11.8 Å². The summed E-state index contributed by atoms with van der Waals surface area (Å²) in [6.07, 6.45) is 5.02. The molecule has 1 N–H and O–H groups in total. The summed E-state index contributed by atoms with van der Waals surface area (Å²) in [5.41, 5.74) is 1.97. The van der Waals surface area contributed by atoms with E-state index in [4.69, 9.17) is 4.42 Å². The van der Waals surface area contributed by atoms with Gasteiger partial charge < -0.3 is 14.6 Å². The van der Waals surface area contributed by atoms with Crippen molar-refractivity contribution in [2.24, 2.45) is 0 Å². The molecule has 0 aliphatic heterocycles. The number of hydrogen-bond acceptors (Lipinski definition) is 5. The zero-order valence-corrected chi connectivity index (χ0v) is 16.8. The second-order valence-electron chi connectivity index (χ2n) is 6.61. The standard InChI is InChI=1S/C23H19N3O3S/c27-22(21-9-4-12-30-21)25-19-7-1-6-18(13-19)23(28)26(16-20-8-3-11-29-20)15-17-5-2-10-24-14-17/h1-14H,15-16H2,(H,25,27). The van der Waals surface area contributed by atoms with Crippen molar-refractivity contribution in [1.29, 1.82) is 0 Å². The number of pyridine rings is 1. The topological polar surface area (TPSA) is 75.4 Å². The van der Waals surface area contributed by atoms with E-state index in [9.17, 15) is 9.59 Å². The van der Waals surface area contributed by atoms with E-state index in [1.54, 1.807) is 60.0 Å². The van der Waals surface area contributed by atoms with E-state index in [-0.39, 0.29) is 11.8 Å². The highest BCUT2D eigenvalue weighted by Crippen LogP contribution is 2.19. The largest absolute Gasteiger partial charge is 0.467 e. The number of amides is 2. The Morgan fingerprint density at radius 2 is 1.97 bits per heavy atom. The number of benzene rings is 1. The van der Waals surface area contributed by atoms with Gasteiger partial charge in [-0.2, -0.15) is 0 Å². The second kappa shape index (κ2) is 9.19. The Labute approximate surface area is 177 Å². The van der Waals surface area contributed by atoms with Gasteiger partial charge in [-0.1, -0.05) is 18.2 Å². The number of rotatable bonds is 7. The van der Waals surface area contributed by atoms with Crippen molar-refractivity contribution in [2.45, 2.75) is 13.1 Å². The molecule has 0 saturated heterocycles. The van der Waals surface area contributed by atoms with Crippen LogP contribution in [0.3, 0.4) is 0 Å². The van der Waals surface area contributed by atoms with Crippen molar-refractivity contribution < 1.29 is 14.0 Å². The highest BCUT2D eigenvalue weighted by molar-refractivity contribution is 7.12. The molecule has 1 aromatic carbocycles. The van der Waals surface area contributed by atoms with Crippen LogP contribution in [0.1, 0.15) is 31.4 Å². The molecule has 0 fully saturated rings. The Morgan fingerprint density at radius 1 is 1.03 bits per heavy atom. The minimum atomic E-state index is -0.197. The van der Waals surface area contributed by atoms with Gasteiger partial charge in [-0.15, -0.1) is 11.3 Å². The summed E-state index contributed by atoms with van der Waals surface area (Å²) < 4.78 is 5.44. The number of aromatic nitrogens is 1. The molecule has 3 aromatic heterocycles. The number of thiophene rings is 1. The van der Waals surface area contributed by atoms with Gasteiger partial charge in [-0.25, -0.2) is 0 Å². The molecule has 0 saturated carbocycles. The number of furan rings is 1. The van der Waals surface area contributed by atoms with Crippen molar-refractivity contribution in [3.05, 3.63) is 106 Å². The van der Waals surface area contributed by atoms with Gasteiger partial charge in [0.1, 0.15) is 5.76 Å². The molecular formula is C23H19N3O3S. The van der Waals surface area contributed by atoms with Gasteiger partial charge in [-0.3, -0.25) is 14.6 Å². The third-order valence-electron chi connectivity index (χ3n) is 4.42. The molecule has 4 aromatic rings. The Kier molecular flexibility index (Phi) is 6.01. The Morgan fingerprint density at radius 3 is 2.70 bits per heavy atom. The summed E-state index contributed by atoms with van der Waals surface area (Å²) in [4.78, 5) is 32.1. The maximum absolute atomic E-state index is 13.3. The van der Waals surface area contributed by atoms with Crippen LogP contribution in [-0.2, 0) is 13.1 Å². The van der Waals surface area contributed by atoms with Gasteiger partial charge >= 0.3 is 0 Å². The fourth-order valence-electron chi connectivity index (χ4n) is 3.02. The van der Waals surface area contributed by atoms with Crippen LogP contribution in [0.5, 0.6) is 0 Å². The Balaban J connectivity index is 1.55. The number of nitrogens with zero attached hydrogens (tertiary/aromatic N) is 2. The maximum atomic E-state index is 13.3. The smallest absolute Gasteiger partial charge is 0.265 e. The average Bonchev–Trinajstić information content (AvgIpc) is 3.48. The number of carbonyl (C=O) groups excluding carboxylic acids is 2. The third kappa shape index (κ3) is 4.82. The lowest BCUT2D eigenvalue weighted by Gasteiger charge is -2.22. The van der Waals surface area contributed by atoms with Gasteiger partial charge in [0.2, 0.25) is 0 Å². The first-order valence-corrected chi connectivity index (χ1v) is 10.2. The first kappa shape index (κ1) is 19.6. The molecule has 4 rings (SSSR count). The van der Waals surface area contributed by atoms with Gasteiger partial charge in [0.15, 0.2) is 0 Å². The molecule has 0 aliphatic rings. The van der Waals surface area contributed by atoms with Gasteiger partial charge in [0.05, 0.1) is 17.7 Å². The van der Waals surface area contributed by atoms with E-state index in [0.29, 0.717) is 35.0 Å². The van der Waals surface area contributed by atoms with Crippen molar-refractivity contribution in [2.75, 3.05) is 5.32 Å². The molecule has 0 radical (unpaired) electrons. The molecule has 150 valence electrons. The Bertz CT molecular complexity index is 1110. The lowest BCUT2D eigenvalue weighted by atomic mass is 10.1. The molecule has 0 bridgehead atoms. The van der Waals surface area contributed by atoms with Crippen LogP contribution in [0.4, 0.5) is 5.69 Å². The highest BCUT2D eigenvalue weighted by Gasteiger charge is 2.19. The van der Waals surface area contributed by atoms with Crippen molar-refractivity contribution in [1.82, 2.24) is 9.88 Å². The predicted molar refractivity (Wildman–Crippen MR) is 115 cm³/mol. The molecule has 3 heterocycles. The third-order valence-corrected chi connectivity index (χ3v) is 5.29. The predicted octanol–water partition coefficient (Wildman–Crippen LogP) is 4.83. The molecule has 0 atom stereocenters. The van der Waals surface area contributed by atoms with Crippen molar-refractivity contribution in [3.8, 4) is 0 Å². The van der Waals surface area contributed by atoms with Crippen LogP contribution in [0.15, 0.2) is 89.1 Å². The van der Waals surface area contributed by atoms with Crippen LogP contribution in [0, 0.1) is 0 Å². The van der Waals surface area contributed by atoms with Crippen molar-refractivity contribution in [3.63, 3.8) is 0 Å². The number of nitrogens with one attached hydrogen (secondary N) is 1.